The van der Waals surface area contributed by atoms with Crippen LogP contribution in [-0.2, 0) is 14.3 Å². The van der Waals surface area contributed by atoms with E-state index >= 15 is 0 Å². The molecule has 2 N–H and O–H groups in total. The van der Waals surface area contributed by atoms with E-state index in [0.29, 0.717) is 6.42 Å². The Balaban J connectivity index is 0.000000204. The van der Waals surface area contributed by atoms with Crippen LogP contribution in [0.25, 0.3) is 0 Å². The molecule has 1 aromatic heterocycles. The second-order valence-corrected chi connectivity index (χ2v) is 4.41. The molecule has 1 amide bonds. The summed E-state index contributed by atoms with van der Waals surface area (Å²) in [6, 6.07) is 0. The molecular formula is C12H15ClN2O5. The normalized spacial score (nSPS) is 16.9. The minimum Gasteiger partial charge on any atom is -0.462 e. The van der Waals surface area contributed by atoms with Gasteiger partial charge in [-0.05, 0) is 6.42 Å². The number of anilines is 1. The first-order valence-electron chi connectivity index (χ1n) is 5.89. The fourth-order valence-corrected chi connectivity index (χ4v) is 1.59. The van der Waals surface area contributed by atoms with Crippen molar-refractivity contribution >= 4 is 29.4 Å². The first-order valence-corrected chi connectivity index (χ1v) is 6.26. The number of H-pyrrole nitrogens is 1. The number of hydrogen-bond donors (Lipinski definition) is 2. The average Bonchev–Trinajstić information content (AvgIpc) is 2.91. The predicted octanol–water partition coefficient (Wildman–Crippen LogP) is 1.85. The van der Waals surface area contributed by atoms with E-state index in [-0.39, 0.29) is 28.9 Å². The zero-order valence-corrected chi connectivity index (χ0v) is 11.7. The van der Waals surface area contributed by atoms with E-state index in [1.165, 1.54) is 6.92 Å². The molecule has 1 unspecified atom stereocenters. The summed E-state index contributed by atoms with van der Waals surface area (Å²) in [5, 5.41) is 4.04. The molecule has 0 aliphatic carbocycles. The molecule has 1 saturated heterocycles. The van der Waals surface area contributed by atoms with Crippen LogP contribution in [-0.4, -0.2) is 23.1 Å². The highest BCUT2D eigenvalue weighted by atomic mass is 35.5. The standard InChI is InChI=1S/C7H10O2.C5H5ClN2O3/c1-2-3-6-4-5-7(8)9-6;1-2(9)7-5-3(6)4(10)8-11-5/h2,6H,1,3-5H2;1H3,(H,7,9)(H,8,10). The lowest BCUT2D eigenvalue weighted by Gasteiger charge is -2.02. The maximum atomic E-state index is 10.6. The van der Waals surface area contributed by atoms with Gasteiger partial charge in [-0.1, -0.05) is 17.7 Å². The number of carbonyl (C=O) groups is 2. The SMILES string of the molecule is C=CCC1CCC(=O)O1.CC(=O)Nc1o[nH]c(=O)c1Cl. The van der Waals surface area contributed by atoms with Crippen LogP contribution in [0.15, 0.2) is 22.0 Å². The highest BCUT2D eigenvalue weighted by Crippen LogP contribution is 2.16. The van der Waals surface area contributed by atoms with Gasteiger partial charge in [-0.25, -0.2) is 0 Å². The topological polar surface area (TPSA) is 101 Å². The van der Waals surface area contributed by atoms with Crippen LogP contribution in [0.1, 0.15) is 26.2 Å². The Labute approximate surface area is 119 Å². The molecule has 20 heavy (non-hydrogen) atoms. The summed E-state index contributed by atoms with van der Waals surface area (Å²) in [6.07, 6.45) is 4.15. The second kappa shape index (κ2) is 7.54. The highest BCUT2D eigenvalue weighted by Gasteiger charge is 2.21. The Morgan fingerprint density at radius 2 is 2.30 bits per heavy atom. The molecule has 1 aromatic rings. The van der Waals surface area contributed by atoms with Crippen molar-refractivity contribution in [2.24, 2.45) is 0 Å². The number of carbonyl (C=O) groups excluding carboxylic acids is 2. The van der Waals surface area contributed by atoms with Gasteiger partial charge in [0.2, 0.25) is 5.91 Å². The number of aromatic amines is 1. The van der Waals surface area contributed by atoms with Gasteiger partial charge in [-0.15, -0.1) is 6.58 Å². The number of rotatable bonds is 3. The third-order valence-electron chi connectivity index (χ3n) is 2.33. The molecule has 0 spiro atoms. The van der Waals surface area contributed by atoms with E-state index < -0.39 is 5.56 Å². The number of ether oxygens (including phenoxy) is 1. The van der Waals surface area contributed by atoms with Crippen molar-refractivity contribution in [2.75, 3.05) is 5.32 Å². The molecule has 2 rings (SSSR count). The fourth-order valence-electron chi connectivity index (χ4n) is 1.46. The van der Waals surface area contributed by atoms with Crippen LogP contribution in [0.4, 0.5) is 5.88 Å². The van der Waals surface area contributed by atoms with Crippen LogP contribution >= 0.6 is 11.6 Å². The van der Waals surface area contributed by atoms with Crippen molar-refractivity contribution in [2.45, 2.75) is 32.3 Å². The summed E-state index contributed by atoms with van der Waals surface area (Å²) >= 11 is 5.40. The van der Waals surface area contributed by atoms with Crippen molar-refractivity contribution in [3.8, 4) is 0 Å². The second-order valence-electron chi connectivity index (χ2n) is 4.03. The number of cyclic esters (lactones) is 1. The van der Waals surface area contributed by atoms with Gasteiger partial charge in [0.25, 0.3) is 5.88 Å². The summed E-state index contributed by atoms with van der Waals surface area (Å²) in [5.74, 6) is -0.472. The number of esters is 1. The lowest BCUT2D eigenvalue weighted by atomic mass is 10.2. The summed E-state index contributed by atoms with van der Waals surface area (Å²) < 4.78 is 9.40. The molecule has 0 bridgehead atoms. The molecular weight excluding hydrogens is 288 g/mol. The van der Waals surface area contributed by atoms with Crippen LogP contribution < -0.4 is 10.9 Å². The summed E-state index contributed by atoms with van der Waals surface area (Å²) in [6.45, 7) is 4.84. The van der Waals surface area contributed by atoms with Crippen LogP contribution in [0.5, 0.6) is 0 Å². The Morgan fingerprint density at radius 1 is 1.60 bits per heavy atom. The molecule has 7 nitrogen and oxygen atoms in total. The molecule has 1 fully saturated rings. The number of halogens is 1. The van der Waals surface area contributed by atoms with Gasteiger partial charge in [-0.3, -0.25) is 19.7 Å². The Kier molecular flexibility index (Phi) is 6.05. The maximum absolute atomic E-state index is 10.6. The molecule has 110 valence electrons. The number of aromatic nitrogens is 1. The maximum Gasteiger partial charge on any atom is 0.306 e. The van der Waals surface area contributed by atoms with E-state index in [4.69, 9.17) is 16.3 Å². The molecule has 1 aliphatic rings. The first kappa shape index (κ1) is 16.0. The van der Waals surface area contributed by atoms with Gasteiger partial charge in [-0.2, -0.15) is 5.16 Å². The van der Waals surface area contributed by atoms with Crippen molar-refractivity contribution in [1.29, 1.82) is 0 Å². The van der Waals surface area contributed by atoms with Gasteiger partial charge >= 0.3 is 11.5 Å². The zero-order valence-electron chi connectivity index (χ0n) is 10.9. The van der Waals surface area contributed by atoms with Crippen LogP contribution in [0.3, 0.4) is 0 Å². The lowest BCUT2D eigenvalue weighted by molar-refractivity contribution is -0.141. The summed E-state index contributed by atoms with van der Waals surface area (Å²) in [5.41, 5.74) is -0.560. The van der Waals surface area contributed by atoms with E-state index in [2.05, 4.69) is 16.4 Å². The van der Waals surface area contributed by atoms with Gasteiger partial charge in [0.1, 0.15) is 6.10 Å². The average molecular weight is 303 g/mol. The smallest absolute Gasteiger partial charge is 0.306 e. The first-order chi connectivity index (χ1) is 9.43. The molecule has 1 atom stereocenters. The fraction of sp³-hybridized carbons (Fsp3) is 0.417. The molecule has 0 radical (unpaired) electrons. The Morgan fingerprint density at radius 3 is 2.70 bits per heavy atom. The van der Waals surface area contributed by atoms with E-state index in [9.17, 15) is 14.4 Å². The molecule has 8 heteroatoms. The zero-order chi connectivity index (χ0) is 15.1. The minimum absolute atomic E-state index is 0.0517. The van der Waals surface area contributed by atoms with E-state index in [1.807, 2.05) is 5.16 Å². The highest BCUT2D eigenvalue weighted by molar-refractivity contribution is 6.33. The molecule has 0 saturated carbocycles. The largest absolute Gasteiger partial charge is 0.462 e. The van der Waals surface area contributed by atoms with Crippen LogP contribution in [0.2, 0.25) is 5.02 Å². The van der Waals surface area contributed by atoms with Gasteiger partial charge in [0.05, 0.1) is 0 Å². The third kappa shape index (κ3) is 4.93. The Bertz CT molecular complexity index is 548. The molecule has 1 aliphatic heterocycles. The van der Waals surface area contributed by atoms with E-state index in [0.717, 1.165) is 12.8 Å². The summed E-state index contributed by atoms with van der Waals surface area (Å²) in [4.78, 5) is 31.5. The van der Waals surface area contributed by atoms with Crippen molar-refractivity contribution in [3.05, 3.63) is 28.0 Å². The lowest BCUT2D eigenvalue weighted by Crippen LogP contribution is -2.06. The molecule has 0 aromatic carbocycles. The van der Waals surface area contributed by atoms with Crippen molar-refractivity contribution in [3.63, 3.8) is 0 Å². The van der Waals surface area contributed by atoms with Gasteiger partial charge in [0.15, 0.2) is 5.02 Å². The van der Waals surface area contributed by atoms with E-state index in [1.54, 1.807) is 6.08 Å². The number of amides is 1. The monoisotopic (exact) mass is 302 g/mol. The third-order valence-corrected chi connectivity index (χ3v) is 2.68. The van der Waals surface area contributed by atoms with Crippen LogP contribution in [0, 0.1) is 0 Å². The number of nitrogens with one attached hydrogen (secondary N) is 2. The van der Waals surface area contributed by atoms with Gasteiger partial charge < -0.3 is 9.26 Å². The van der Waals surface area contributed by atoms with Crippen molar-refractivity contribution < 1.29 is 18.8 Å². The summed E-state index contributed by atoms with van der Waals surface area (Å²) in [7, 11) is 0. The molecule has 2 heterocycles. The Hall–Kier alpha value is -2.02. The predicted molar refractivity (Wildman–Crippen MR) is 72.6 cm³/mol. The minimum atomic E-state index is -0.560. The van der Waals surface area contributed by atoms with Crippen molar-refractivity contribution in [1.82, 2.24) is 5.16 Å². The quantitative estimate of drug-likeness (QED) is 0.655. The number of hydrogen-bond acceptors (Lipinski definition) is 5. The van der Waals surface area contributed by atoms with Gasteiger partial charge in [0, 0.05) is 19.8 Å².